The van der Waals surface area contributed by atoms with Gasteiger partial charge in [-0.05, 0) is 37.8 Å². The Bertz CT molecular complexity index is 389. The van der Waals surface area contributed by atoms with E-state index in [2.05, 4.69) is 17.6 Å². The molecule has 19 heavy (non-hydrogen) atoms. The number of furan rings is 1. The topological polar surface area (TPSA) is 54.3 Å². The SMILES string of the molecule is C[C@H](NCC(=O)N[C@@H]1CCCC[C@@H]1C)c1ccco1. The first kappa shape index (κ1) is 14.1. The smallest absolute Gasteiger partial charge is 0.234 e. The summed E-state index contributed by atoms with van der Waals surface area (Å²) in [5, 5.41) is 6.32. The van der Waals surface area contributed by atoms with Crippen molar-refractivity contribution < 1.29 is 9.21 Å². The Labute approximate surface area is 114 Å². The lowest BCUT2D eigenvalue weighted by Crippen LogP contribution is -2.45. The van der Waals surface area contributed by atoms with Crippen LogP contribution in [0, 0.1) is 5.92 Å². The maximum Gasteiger partial charge on any atom is 0.234 e. The van der Waals surface area contributed by atoms with Crippen LogP contribution in [0.25, 0.3) is 0 Å². The van der Waals surface area contributed by atoms with E-state index in [1.807, 2.05) is 19.1 Å². The Morgan fingerprint density at radius 1 is 1.47 bits per heavy atom. The Balaban J connectivity index is 1.72. The number of hydrogen-bond donors (Lipinski definition) is 2. The van der Waals surface area contributed by atoms with Gasteiger partial charge in [-0.1, -0.05) is 19.8 Å². The zero-order valence-electron chi connectivity index (χ0n) is 11.8. The third-order valence-corrected chi connectivity index (χ3v) is 4.00. The summed E-state index contributed by atoms with van der Waals surface area (Å²) in [6, 6.07) is 4.18. The number of carbonyl (C=O) groups excluding carboxylic acids is 1. The molecule has 4 heteroatoms. The predicted molar refractivity (Wildman–Crippen MR) is 74.7 cm³/mol. The number of rotatable bonds is 5. The van der Waals surface area contributed by atoms with Crippen molar-refractivity contribution in [3.8, 4) is 0 Å². The van der Waals surface area contributed by atoms with Crippen LogP contribution in [-0.4, -0.2) is 18.5 Å². The van der Waals surface area contributed by atoms with Crippen LogP contribution < -0.4 is 10.6 Å². The molecule has 0 radical (unpaired) electrons. The van der Waals surface area contributed by atoms with Crippen molar-refractivity contribution in [3.63, 3.8) is 0 Å². The molecule has 0 aromatic carbocycles. The van der Waals surface area contributed by atoms with Crippen LogP contribution in [0.2, 0.25) is 0 Å². The summed E-state index contributed by atoms with van der Waals surface area (Å²) < 4.78 is 5.30. The van der Waals surface area contributed by atoms with Crippen LogP contribution in [0.5, 0.6) is 0 Å². The molecule has 3 atom stereocenters. The summed E-state index contributed by atoms with van der Waals surface area (Å²) in [4.78, 5) is 11.9. The third-order valence-electron chi connectivity index (χ3n) is 4.00. The van der Waals surface area contributed by atoms with E-state index in [9.17, 15) is 4.79 Å². The summed E-state index contributed by atoms with van der Waals surface area (Å²) in [5.74, 6) is 1.54. The average molecular weight is 264 g/mol. The molecule has 1 aromatic heterocycles. The second-order valence-electron chi connectivity index (χ2n) is 5.55. The van der Waals surface area contributed by atoms with Gasteiger partial charge in [0, 0.05) is 6.04 Å². The first-order valence-corrected chi connectivity index (χ1v) is 7.23. The summed E-state index contributed by atoms with van der Waals surface area (Å²) in [6.45, 7) is 4.56. The van der Waals surface area contributed by atoms with Crippen molar-refractivity contribution in [2.75, 3.05) is 6.54 Å². The highest BCUT2D eigenvalue weighted by Gasteiger charge is 2.22. The molecule has 1 aliphatic carbocycles. The molecule has 4 nitrogen and oxygen atoms in total. The van der Waals surface area contributed by atoms with Gasteiger partial charge < -0.3 is 9.73 Å². The molecular formula is C15H24N2O2. The van der Waals surface area contributed by atoms with Crippen molar-refractivity contribution in [2.24, 2.45) is 5.92 Å². The number of amides is 1. The average Bonchev–Trinajstić information content (AvgIpc) is 2.93. The lowest BCUT2D eigenvalue weighted by molar-refractivity contribution is -0.121. The van der Waals surface area contributed by atoms with Gasteiger partial charge in [0.05, 0.1) is 18.8 Å². The van der Waals surface area contributed by atoms with E-state index in [1.54, 1.807) is 6.26 Å². The van der Waals surface area contributed by atoms with Crippen LogP contribution in [0.15, 0.2) is 22.8 Å². The highest BCUT2D eigenvalue weighted by Crippen LogP contribution is 2.23. The van der Waals surface area contributed by atoms with Crippen LogP contribution in [0.1, 0.15) is 51.3 Å². The fourth-order valence-electron chi connectivity index (χ4n) is 2.67. The van der Waals surface area contributed by atoms with Gasteiger partial charge in [-0.2, -0.15) is 0 Å². The molecule has 2 rings (SSSR count). The Morgan fingerprint density at radius 3 is 2.95 bits per heavy atom. The number of nitrogens with one attached hydrogen (secondary N) is 2. The lowest BCUT2D eigenvalue weighted by atomic mass is 9.86. The maximum atomic E-state index is 11.9. The maximum absolute atomic E-state index is 11.9. The normalized spacial score (nSPS) is 24.9. The largest absolute Gasteiger partial charge is 0.468 e. The van der Waals surface area contributed by atoms with Crippen molar-refractivity contribution in [2.45, 2.75) is 51.6 Å². The van der Waals surface area contributed by atoms with Gasteiger partial charge in [0.2, 0.25) is 5.91 Å². The van der Waals surface area contributed by atoms with Crippen LogP contribution in [0.4, 0.5) is 0 Å². The third kappa shape index (κ3) is 4.10. The molecule has 1 fully saturated rings. The highest BCUT2D eigenvalue weighted by atomic mass is 16.3. The summed E-state index contributed by atoms with van der Waals surface area (Å²) in [6.07, 6.45) is 6.51. The van der Waals surface area contributed by atoms with E-state index in [0.717, 1.165) is 12.2 Å². The minimum absolute atomic E-state index is 0.0597. The fourth-order valence-corrected chi connectivity index (χ4v) is 2.67. The number of carbonyl (C=O) groups is 1. The zero-order chi connectivity index (χ0) is 13.7. The highest BCUT2D eigenvalue weighted by molar-refractivity contribution is 5.78. The van der Waals surface area contributed by atoms with Gasteiger partial charge >= 0.3 is 0 Å². The summed E-state index contributed by atoms with van der Waals surface area (Å²) in [7, 11) is 0. The quantitative estimate of drug-likeness (QED) is 0.859. The standard InChI is InChI=1S/C15H24N2O2/c1-11-6-3-4-7-13(11)17-15(18)10-16-12(2)14-8-5-9-19-14/h5,8-9,11-13,16H,3-4,6-7,10H2,1-2H3,(H,17,18)/t11-,12-,13+/m0/s1. The zero-order valence-corrected chi connectivity index (χ0v) is 11.8. The van der Waals surface area contributed by atoms with Gasteiger partial charge in [0.25, 0.3) is 0 Å². The molecular weight excluding hydrogens is 240 g/mol. The van der Waals surface area contributed by atoms with E-state index in [0.29, 0.717) is 18.5 Å². The molecule has 0 bridgehead atoms. The Hall–Kier alpha value is -1.29. The van der Waals surface area contributed by atoms with Gasteiger partial charge in [-0.3, -0.25) is 10.1 Å². The molecule has 1 amide bonds. The monoisotopic (exact) mass is 264 g/mol. The van der Waals surface area contributed by atoms with E-state index >= 15 is 0 Å². The lowest BCUT2D eigenvalue weighted by Gasteiger charge is -2.29. The molecule has 0 unspecified atom stereocenters. The molecule has 0 aliphatic heterocycles. The van der Waals surface area contributed by atoms with Crippen LogP contribution in [-0.2, 0) is 4.79 Å². The van der Waals surface area contributed by atoms with E-state index in [4.69, 9.17) is 4.42 Å². The van der Waals surface area contributed by atoms with Crippen LogP contribution in [0.3, 0.4) is 0 Å². The molecule has 106 valence electrons. The van der Waals surface area contributed by atoms with E-state index < -0.39 is 0 Å². The van der Waals surface area contributed by atoms with Gasteiger partial charge in [-0.15, -0.1) is 0 Å². The van der Waals surface area contributed by atoms with E-state index in [1.165, 1.54) is 19.3 Å². The molecule has 0 spiro atoms. The van der Waals surface area contributed by atoms with Crippen LogP contribution >= 0.6 is 0 Å². The van der Waals surface area contributed by atoms with Gasteiger partial charge in [0.1, 0.15) is 5.76 Å². The Morgan fingerprint density at radius 2 is 2.26 bits per heavy atom. The van der Waals surface area contributed by atoms with Gasteiger partial charge in [-0.25, -0.2) is 0 Å². The molecule has 2 N–H and O–H groups in total. The summed E-state index contributed by atoms with van der Waals surface area (Å²) >= 11 is 0. The second-order valence-corrected chi connectivity index (χ2v) is 5.55. The minimum Gasteiger partial charge on any atom is -0.468 e. The van der Waals surface area contributed by atoms with E-state index in [-0.39, 0.29) is 11.9 Å². The number of hydrogen-bond acceptors (Lipinski definition) is 3. The molecule has 1 aromatic rings. The van der Waals surface area contributed by atoms with Crippen molar-refractivity contribution in [1.82, 2.24) is 10.6 Å². The van der Waals surface area contributed by atoms with Crippen molar-refractivity contribution >= 4 is 5.91 Å². The fraction of sp³-hybridized carbons (Fsp3) is 0.667. The summed E-state index contributed by atoms with van der Waals surface area (Å²) in [5.41, 5.74) is 0. The Kier molecular flexibility index (Phi) is 5.02. The first-order chi connectivity index (χ1) is 9.16. The molecule has 1 saturated carbocycles. The minimum atomic E-state index is 0.0597. The van der Waals surface area contributed by atoms with Gasteiger partial charge in [0.15, 0.2) is 0 Å². The predicted octanol–water partition coefficient (Wildman–Crippen LogP) is 2.63. The second kappa shape index (κ2) is 6.75. The molecule has 0 saturated heterocycles. The molecule has 1 aliphatic rings. The van der Waals surface area contributed by atoms with Crippen molar-refractivity contribution in [3.05, 3.63) is 24.2 Å². The van der Waals surface area contributed by atoms with Crippen molar-refractivity contribution in [1.29, 1.82) is 0 Å². The first-order valence-electron chi connectivity index (χ1n) is 7.23. The molecule has 1 heterocycles.